The number of rotatable bonds is 18. The van der Waals surface area contributed by atoms with E-state index in [2.05, 4.69) is 79.4 Å². The predicted octanol–water partition coefficient (Wildman–Crippen LogP) is 4.25. The van der Waals surface area contributed by atoms with Crippen LogP contribution in [0.1, 0.15) is 29.0 Å². The number of nitrogens with one attached hydrogen (secondary N) is 3. The Morgan fingerprint density at radius 3 is 1.98 bits per heavy atom. The molecule has 5 N–H and O–H groups in total. The molecule has 1 aromatic heterocycles. The van der Waals surface area contributed by atoms with Gasteiger partial charge in [0.15, 0.2) is 11.5 Å². The van der Waals surface area contributed by atoms with Gasteiger partial charge in [0.05, 0.1) is 26.4 Å². The summed E-state index contributed by atoms with van der Waals surface area (Å²) in [5.74, 6) is 3.08. The van der Waals surface area contributed by atoms with Crippen LogP contribution in [0.2, 0.25) is 0 Å². The lowest BCUT2D eigenvalue weighted by atomic mass is 9.88. The van der Waals surface area contributed by atoms with Gasteiger partial charge in [-0.15, -0.1) is 0 Å². The molecule has 0 saturated carbocycles. The number of para-hydroxylation sites is 1. The lowest BCUT2D eigenvalue weighted by Crippen LogP contribution is -2.18. The SMILES string of the molecule is NCCOCCOCCNc1nc(NCCC(c2ccccc2)c2ccccc2)nc(NCc2cccc3c2OCO3)n1. The van der Waals surface area contributed by atoms with Gasteiger partial charge in [0.1, 0.15) is 0 Å². The van der Waals surface area contributed by atoms with Crippen LogP contribution < -0.4 is 31.2 Å². The Hall–Kier alpha value is -4.45. The lowest BCUT2D eigenvalue weighted by molar-refractivity contribution is 0.0547. The van der Waals surface area contributed by atoms with Crippen LogP contribution in [-0.4, -0.2) is 67.8 Å². The van der Waals surface area contributed by atoms with Crippen molar-refractivity contribution in [3.63, 3.8) is 0 Å². The number of fused-ring (bicyclic) bond motifs is 1. The fourth-order valence-electron chi connectivity index (χ4n) is 4.78. The second-order valence-corrected chi connectivity index (χ2v) is 9.84. The van der Waals surface area contributed by atoms with Crippen molar-refractivity contribution in [2.75, 3.05) is 68.8 Å². The lowest BCUT2D eigenvalue weighted by Gasteiger charge is -2.19. The summed E-state index contributed by atoms with van der Waals surface area (Å²) in [6.07, 6.45) is 0.860. The summed E-state index contributed by atoms with van der Waals surface area (Å²) in [5.41, 5.74) is 8.93. The van der Waals surface area contributed by atoms with Gasteiger partial charge in [-0.05, 0) is 23.6 Å². The Morgan fingerprint density at radius 1 is 0.674 bits per heavy atom. The molecule has 0 fully saturated rings. The van der Waals surface area contributed by atoms with E-state index in [1.807, 2.05) is 30.3 Å². The molecule has 0 unspecified atom stereocenters. The molecule has 43 heavy (non-hydrogen) atoms. The van der Waals surface area contributed by atoms with E-state index in [-0.39, 0.29) is 12.7 Å². The minimum absolute atomic E-state index is 0.217. The van der Waals surface area contributed by atoms with E-state index in [1.165, 1.54) is 11.1 Å². The van der Waals surface area contributed by atoms with Gasteiger partial charge in [-0.3, -0.25) is 0 Å². The first-order chi connectivity index (χ1) is 21.3. The number of nitrogens with two attached hydrogens (primary N) is 1. The van der Waals surface area contributed by atoms with Crippen molar-refractivity contribution in [2.45, 2.75) is 18.9 Å². The molecular formula is C32H39N7O4. The van der Waals surface area contributed by atoms with Gasteiger partial charge in [-0.1, -0.05) is 72.8 Å². The predicted molar refractivity (Wildman–Crippen MR) is 167 cm³/mol. The number of anilines is 3. The Kier molecular flexibility index (Phi) is 11.3. The van der Waals surface area contributed by atoms with Crippen LogP contribution in [0.15, 0.2) is 78.9 Å². The molecule has 4 aromatic rings. The molecule has 0 atom stereocenters. The van der Waals surface area contributed by atoms with Crippen LogP contribution in [0, 0.1) is 0 Å². The molecule has 0 spiro atoms. The number of nitrogens with zero attached hydrogens (tertiary/aromatic N) is 3. The van der Waals surface area contributed by atoms with E-state index in [0.29, 0.717) is 70.5 Å². The molecular weight excluding hydrogens is 546 g/mol. The van der Waals surface area contributed by atoms with Crippen molar-refractivity contribution < 1.29 is 18.9 Å². The number of ether oxygens (including phenoxy) is 4. The monoisotopic (exact) mass is 585 g/mol. The number of aromatic nitrogens is 3. The van der Waals surface area contributed by atoms with Gasteiger partial charge in [0.2, 0.25) is 24.6 Å². The van der Waals surface area contributed by atoms with Gasteiger partial charge in [0, 0.05) is 37.7 Å². The fraction of sp³-hybridized carbons (Fsp3) is 0.344. The first-order valence-electron chi connectivity index (χ1n) is 14.6. The van der Waals surface area contributed by atoms with Gasteiger partial charge in [-0.25, -0.2) is 0 Å². The first-order valence-corrected chi connectivity index (χ1v) is 14.6. The molecule has 0 aliphatic carbocycles. The topological polar surface area (TPSA) is 138 Å². The maximum atomic E-state index is 5.65. The van der Waals surface area contributed by atoms with Crippen LogP contribution in [0.25, 0.3) is 0 Å². The van der Waals surface area contributed by atoms with Crippen LogP contribution in [-0.2, 0) is 16.0 Å². The molecule has 1 aliphatic rings. The third-order valence-corrected chi connectivity index (χ3v) is 6.83. The second kappa shape index (κ2) is 16.3. The van der Waals surface area contributed by atoms with E-state index in [0.717, 1.165) is 23.5 Å². The molecule has 11 nitrogen and oxygen atoms in total. The highest BCUT2D eigenvalue weighted by molar-refractivity contribution is 5.50. The quantitative estimate of drug-likeness (QED) is 0.125. The zero-order chi connectivity index (χ0) is 29.5. The van der Waals surface area contributed by atoms with Crippen molar-refractivity contribution in [1.29, 1.82) is 0 Å². The molecule has 3 aromatic carbocycles. The summed E-state index contributed by atoms with van der Waals surface area (Å²) < 4.78 is 22.1. The molecule has 11 heteroatoms. The Bertz CT molecular complexity index is 1360. The second-order valence-electron chi connectivity index (χ2n) is 9.84. The van der Waals surface area contributed by atoms with Crippen LogP contribution >= 0.6 is 0 Å². The highest BCUT2D eigenvalue weighted by Gasteiger charge is 2.18. The number of hydrogen-bond acceptors (Lipinski definition) is 11. The minimum Gasteiger partial charge on any atom is -0.454 e. The molecule has 0 amide bonds. The van der Waals surface area contributed by atoms with E-state index >= 15 is 0 Å². The molecule has 0 radical (unpaired) electrons. The average Bonchev–Trinajstić information content (AvgIpc) is 3.54. The standard InChI is InChI=1S/C32H39N7O4/c33-15-18-40-20-21-41-19-17-35-31-37-30(38-32(39-31)36-22-26-12-7-13-28-29(26)43-23-42-28)34-16-14-27(24-8-3-1-4-9-24)25-10-5-2-6-11-25/h1-13,27H,14-23,33H2,(H3,34,35,36,37,38,39). The van der Waals surface area contributed by atoms with Crippen molar-refractivity contribution in [2.24, 2.45) is 5.73 Å². The zero-order valence-electron chi connectivity index (χ0n) is 24.2. The molecule has 226 valence electrons. The third-order valence-electron chi connectivity index (χ3n) is 6.83. The normalized spacial score (nSPS) is 12.0. The smallest absolute Gasteiger partial charge is 0.231 e. The van der Waals surface area contributed by atoms with Gasteiger partial charge >= 0.3 is 0 Å². The summed E-state index contributed by atoms with van der Waals surface area (Å²) in [6, 6.07) is 26.9. The average molecular weight is 586 g/mol. The van der Waals surface area contributed by atoms with Crippen molar-refractivity contribution in [1.82, 2.24) is 15.0 Å². The molecule has 5 rings (SSSR count). The van der Waals surface area contributed by atoms with Crippen molar-refractivity contribution >= 4 is 17.8 Å². The molecule has 0 bridgehead atoms. The number of benzene rings is 3. The summed E-state index contributed by atoms with van der Waals surface area (Å²) in [5, 5.41) is 9.98. The maximum Gasteiger partial charge on any atom is 0.231 e. The minimum atomic E-state index is 0.217. The van der Waals surface area contributed by atoms with Gasteiger partial charge in [0.25, 0.3) is 0 Å². The molecule has 1 aliphatic heterocycles. The summed E-state index contributed by atoms with van der Waals surface area (Å²) in [7, 11) is 0. The third kappa shape index (κ3) is 9.02. The summed E-state index contributed by atoms with van der Waals surface area (Å²) in [4.78, 5) is 13.9. The maximum absolute atomic E-state index is 5.65. The fourth-order valence-corrected chi connectivity index (χ4v) is 4.78. The summed E-state index contributed by atoms with van der Waals surface area (Å²) >= 11 is 0. The van der Waals surface area contributed by atoms with Crippen LogP contribution in [0.4, 0.5) is 17.8 Å². The van der Waals surface area contributed by atoms with Crippen molar-refractivity contribution in [3.8, 4) is 11.5 Å². The Labute approximate surface area is 252 Å². The Balaban J connectivity index is 1.23. The van der Waals surface area contributed by atoms with E-state index < -0.39 is 0 Å². The highest BCUT2D eigenvalue weighted by Crippen LogP contribution is 2.35. The highest BCUT2D eigenvalue weighted by atomic mass is 16.7. The zero-order valence-corrected chi connectivity index (χ0v) is 24.2. The Morgan fingerprint density at radius 2 is 1.30 bits per heavy atom. The van der Waals surface area contributed by atoms with E-state index in [1.54, 1.807) is 0 Å². The van der Waals surface area contributed by atoms with Crippen molar-refractivity contribution in [3.05, 3.63) is 95.6 Å². The van der Waals surface area contributed by atoms with E-state index in [4.69, 9.17) is 24.7 Å². The van der Waals surface area contributed by atoms with Gasteiger partial charge in [-0.2, -0.15) is 15.0 Å². The molecule has 2 heterocycles. The first kappa shape index (κ1) is 30.0. The largest absolute Gasteiger partial charge is 0.454 e. The van der Waals surface area contributed by atoms with Gasteiger partial charge < -0.3 is 40.6 Å². The van der Waals surface area contributed by atoms with Crippen LogP contribution in [0.3, 0.4) is 0 Å². The summed E-state index contributed by atoms with van der Waals surface area (Å²) in [6.45, 7) is 4.39. The van der Waals surface area contributed by atoms with E-state index in [9.17, 15) is 0 Å². The number of hydrogen-bond donors (Lipinski definition) is 4. The molecule has 0 saturated heterocycles. The van der Waals surface area contributed by atoms with Crippen LogP contribution in [0.5, 0.6) is 11.5 Å².